The summed E-state index contributed by atoms with van der Waals surface area (Å²) in [6, 6.07) is 20.4. The fourth-order valence-electron chi connectivity index (χ4n) is 4.97. The molecule has 2 heterocycles. The molecule has 0 N–H and O–H groups in total. The summed E-state index contributed by atoms with van der Waals surface area (Å²) in [6.07, 6.45) is 0. The third kappa shape index (κ3) is 4.51. The van der Waals surface area contributed by atoms with Gasteiger partial charge in [-0.25, -0.2) is 4.39 Å². The lowest BCUT2D eigenvalue weighted by molar-refractivity contribution is -0.138. The number of nitrogens with zero attached hydrogens (tertiary/aromatic N) is 2. The molecule has 3 aromatic rings. The van der Waals surface area contributed by atoms with E-state index >= 15 is 0 Å². The lowest BCUT2D eigenvalue weighted by Gasteiger charge is -2.44. The van der Waals surface area contributed by atoms with E-state index < -0.39 is 12.0 Å². The number of halogens is 1. The van der Waals surface area contributed by atoms with E-state index in [0.29, 0.717) is 37.6 Å². The van der Waals surface area contributed by atoms with Crippen LogP contribution in [-0.4, -0.2) is 55.0 Å². The van der Waals surface area contributed by atoms with Crippen LogP contribution in [0.3, 0.4) is 0 Å². The van der Waals surface area contributed by atoms with Crippen molar-refractivity contribution in [2.75, 3.05) is 33.4 Å². The molecule has 5 rings (SSSR count). The maximum Gasteiger partial charge on any atom is 0.255 e. The minimum atomic E-state index is -0.587. The highest BCUT2D eigenvalue weighted by Gasteiger charge is 2.45. The van der Waals surface area contributed by atoms with Crippen LogP contribution in [0, 0.1) is 5.82 Å². The highest BCUT2D eigenvalue weighted by atomic mass is 19.1. The Balaban J connectivity index is 1.64. The van der Waals surface area contributed by atoms with Gasteiger partial charge in [-0.15, -0.1) is 0 Å². The van der Waals surface area contributed by atoms with Gasteiger partial charge in [0.1, 0.15) is 11.6 Å². The van der Waals surface area contributed by atoms with Gasteiger partial charge < -0.3 is 19.3 Å². The Bertz CT molecular complexity index is 1210. The van der Waals surface area contributed by atoms with Crippen LogP contribution >= 0.6 is 0 Å². The first-order chi connectivity index (χ1) is 17.1. The summed E-state index contributed by atoms with van der Waals surface area (Å²) in [5, 5.41) is 0. The number of hydrogen-bond acceptors (Lipinski definition) is 4. The summed E-state index contributed by atoms with van der Waals surface area (Å²) in [5.74, 6) is -0.417. The number of benzene rings is 3. The Kier molecular flexibility index (Phi) is 6.51. The van der Waals surface area contributed by atoms with Gasteiger partial charge in [-0.05, 0) is 47.0 Å². The molecule has 0 bridgehead atoms. The molecule has 2 atom stereocenters. The molecule has 0 aromatic heterocycles. The number of morpholine rings is 1. The van der Waals surface area contributed by atoms with Gasteiger partial charge in [0.15, 0.2) is 0 Å². The lowest BCUT2D eigenvalue weighted by Crippen LogP contribution is -2.50. The van der Waals surface area contributed by atoms with Crippen molar-refractivity contribution >= 4 is 11.8 Å². The normalized spacial score (nSPS) is 19.9. The van der Waals surface area contributed by atoms with Crippen molar-refractivity contribution in [2.45, 2.75) is 18.5 Å². The number of hydrogen-bond donors (Lipinski definition) is 0. The van der Waals surface area contributed by atoms with Crippen LogP contribution in [0.1, 0.15) is 39.0 Å². The maximum atomic E-state index is 14.0. The van der Waals surface area contributed by atoms with Crippen molar-refractivity contribution in [3.8, 4) is 5.75 Å². The predicted octanol–water partition coefficient (Wildman–Crippen LogP) is 4.17. The number of rotatable bonds is 5. The SMILES string of the molecule is COc1ccc([C@@H]2[C@H](C(=O)N3CCOCC3)c3ccccc3C(=O)N2Cc2ccc(F)cc2)cc1. The number of carbonyl (C=O) groups excluding carboxylic acids is 2. The van der Waals surface area contributed by atoms with E-state index in [1.165, 1.54) is 12.1 Å². The summed E-state index contributed by atoms with van der Waals surface area (Å²) in [4.78, 5) is 31.4. The van der Waals surface area contributed by atoms with Crippen molar-refractivity contribution in [3.63, 3.8) is 0 Å². The van der Waals surface area contributed by atoms with E-state index in [4.69, 9.17) is 9.47 Å². The highest BCUT2D eigenvalue weighted by Crippen LogP contribution is 2.44. The van der Waals surface area contributed by atoms with Crippen LogP contribution in [-0.2, 0) is 16.1 Å². The maximum absolute atomic E-state index is 14.0. The predicted molar refractivity (Wildman–Crippen MR) is 129 cm³/mol. The lowest BCUT2D eigenvalue weighted by atomic mass is 9.78. The molecular formula is C28H27FN2O4. The van der Waals surface area contributed by atoms with Crippen LogP contribution in [0.4, 0.5) is 4.39 Å². The molecule has 2 aliphatic heterocycles. The standard InChI is InChI=1S/C28H27FN2O4/c1-34-22-12-8-20(9-13-22)26-25(28(33)30-14-16-35-17-15-30)23-4-2-3-5-24(23)27(32)31(26)18-19-6-10-21(29)11-7-19/h2-13,25-26H,14-18H2,1H3/t25-,26-/m1/s1. The Labute approximate surface area is 203 Å². The molecule has 0 aliphatic carbocycles. The second kappa shape index (κ2) is 9.88. The smallest absolute Gasteiger partial charge is 0.255 e. The van der Waals surface area contributed by atoms with Gasteiger partial charge in [0.2, 0.25) is 5.91 Å². The van der Waals surface area contributed by atoms with E-state index in [1.54, 1.807) is 30.2 Å². The Morgan fingerprint density at radius 2 is 1.69 bits per heavy atom. The molecule has 0 unspecified atom stereocenters. The zero-order valence-corrected chi connectivity index (χ0v) is 19.5. The van der Waals surface area contributed by atoms with Gasteiger partial charge in [0.25, 0.3) is 5.91 Å². The van der Waals surface area contributed by atoms with E-state index in [9.17, 15) is 14.0 Å². The number of ether oxygens (including phenoxy) is 2. The first-order valence-electron chi connectivity index (χ1n) is 11.7. The van der Waals surface area contributed by atoms with Crippen LogP contribution in [0.25, 0.3) is 0 Å². The van der Waals surface area contributed by atoms with Gasteiger partial charge >= 0.3 is 0 Å². The average Bonchev–Trinajstić information content (AvgIpc) is 2.91. The molecular weight excluding hydrogens is 447 g/mol. The Morgan fingerprint density at radius 3 is 2.37 bits per heavy atom. The second-order valence-corrected chi connectivity index (χ2v) is 8.78. The molecule has 0 radical (unpaired) electrons. The summed E-state index contributed by atoms with van der Waals surface area (Å²) in [6.45, 7) is 2.26. The van der Waals surface area contributed by atoms with E-state index in [1.807, 2.05) is 47.4 Å². The fourth-order valence-corrected chi connectivity index (χ4v) is 4.97. The van der Waals surface area contributed by atoms with Gasteiger partial charge in [0, 0.05) is 25.2 Å². The molecule has 3 aromatic carbocycles. The number of fused-ring (bicyclic) bond motifs is 1. The van der Waals surface area contributed by atoms with Gasteiger partial charge in [-0.1, -0.05) is 42.5 Å². The van der Waals surface area contributed by atoms with Crippen molar-refractivity contribution in [1.82, 2.24) is 9.80 Å². The molecule has 0 saturated carbocycles. The average molecular weight is 475 g/mol. The summed E-state index contributed by atoms with van der Waals surface area (Å²) < 4.78 is 24.4. The first-order valence-corrected chi connectivity index (χ1v) is 11.7. The summed E-state index contributed by atoms with van der Waals surface area (Å²) in [5.41, 5.74) is 2.87. The van der Waals surface area contributed by atoms with Crippen molar-refractivity contribution in [2.24, 2.45) is 0 Å². The topological polar surface area (TPSA) is 59.1 Å². The second-order valence-electron chi connectivity index (χ2n) is 8.78. The van der Waals surface area contributed by atoms with Gasteiger partial charge in [-0.3, -0.25) is 9.59 Å². The third-order valence-electron chi connectivity index (χ3n) is 6.75. The fraction of sp³-hybridized carbons (Fsp3) is 0.286. The molecule has 35 heavy (non-hydrogen) atoms. The Morgan fingerprint density at radius 1 is 1.00 bits per heavy atom. The minimum Gasteiger partial charge on any atom is -0.497 e. The molecule has 2 aliphatic rings. The van der Waals surface area contributed by atoms with Crippen LogP contribution in [0.5, 0.6) is 5.75 Å². The first kappa shape index (κ1) is 23.1. The number of carbonyl (C=O) groups is 2. The highest BCUT2D eigenvalue weighted by molar-refractivity contribution is 6.01. The van der Waals surface area contributed by atoms with E-state index in [0.717, 1.165) is 16.7 Å². The zero-order chi connectivity index (χ0) is 24.4. The molecule has 1 fully saturated rings. The van der Waals surface area contributed by atoms with Gasteiger partial charge in [-0.2, -0.15) is 0 Å². The number of amides is 2. The number of methoxy groups -OCH3 is 1. The van der Waals surface area contributed by atoms with Crippen molar-refractivity contribution in [1.29, 1.82) is 0 Å². The van der Waals surface area contributed by atoms with Crippen molar-refractivity contribution < 1.29 is 23.5 Å². The molecule has 1 saturated heterocycles. The quantitative estimate of drug-likeness (QED) is 0.557. The zero-order valence-electron chi connectivity index (χ0n) is 19.5. The van der Waals surface area contributed by atoms with Crippen LogP contribution in [0.15, 0.2) is 72.8 Å². The molecule has 6 nitrogen and oxygen atoms in total. The molecule has 7 heteroatoms. The summed E-state index contributed by atoms with van der Waals surface area (Å²) in [7, 11) is 1.60. The minimum absolute atomic E-state index is 0.0295. The molecule has 180 valence electrons. The molecule has 2 amide bonds. The van der Waals surface area contributed by atoms with Crippen molar-refractivity contribution in [3.05, 3.63) is 101 Å². The Hall–Kier alpha value is -3.71. The monoisotopic (exact) mass is 474 g/mol. The summed E-state index contributed by atoms with van der Waals surface area (Å²) >= 11 is 0. The van der Waals surface area contributed by atoms with Crippen LogP contribution < -0.4 is 4.74 Å². The third-order valence-corrected chi connectivity index (χ3v) is 6.75. The van der Waals surface area contributed by atoms with E-state index in [2.05, 4.69) is 0 Å². The van der Waals surface area contributed by atoms with Gasteiger partial charge in [0.05, 0.1) is 32.3 Å². The van der Waals surface area contributed by atoms with E-state index in [-0.39, 0.29) is 24.2 Å². The largest absolute Gasteiger partial charge is 0.497 e. The molecule has 0 spiro atoms. The van der Waals surface area contributed by atoms with Crippen LogP contribution in [0.2, 0.25) is 0 Å².